The molecule has 204 valence electrons. The minimum absolute atomic E-state index is 0. The van der Waals surface area contributed by atoms with Gasteiger partial charge in [-0.05, 0) is 105 Å². The Morgan fingerprint density at radius 3 is 1.95 bits per heavy atom. The lowest BCUT2D eigenvalue weighted by molar-refractivity contribution is -0.0147. The molecule has 0 atom stereocenters. The summed E-state index contributed by atoms with van der Waals surface area (Å²) in [7, 11) is 0. The van der Waals surface area contributed by atoms with E-state index in [1.54, 1.807) is 55.5 Å². The van der Waals surface area contributed by atoms with Crippen LogP contribution in [-0.2, 0) is 10.3 Å². The molecule has 0 unspecified atom stereocenters. The van der Waals surface area contributed by atoms with Crippen molar-refractivity contribution in [2.24, 2.45) is 5.92 Å². The zero-order valence-corrected chi connectivity index (χ0v) is 22.3. The molecule has 38 heavy (non-hydrogen) atoms. The van der Waals surface area contributed by atoms with Gasteiger partial charge < -0.3 is 19.5 Å². The van der Waals surface area contributed by atoms with Gasteiger partial charge in [-0.3, -0.25) is 0 Å². The molecule has 5 nitrogen and oxygen atoms in total. The summed E-state index contributed by atoms with van der Waals surface area (Å²) < 4.78 is 38.0. The Morgan fingerprint density at radius 2 is 1.45 bits per heavy atom. The molecule has 1 heterocycles. The van der Waals surface area contributed by atoms with Gasteiger partial charge in [0.15, 0.2) is 0 Å². The molecule has 1 saturated heterocycles. The van der Waals surface area contributed by atoms with Gasteiger partial charge in [-0.2, -0.15) is 0 Å². The standard InChI is InChI=1S/C30H33F2NO4.ClH/c1-2-36-29(34)22-4-14-28(15-5-22)37-21-3-18-33-19-16-25(17-20-33)30(35,23-6-10-26(31)11-7-23)24-8-12-27(32)13-9-24;/h4-15,25,35H,2-3,16-21H2,1H3;1H. The number of nitrogens with zero attached hydrogens (tertiary/aromatic N) is 1. The molecule has 0 saturated carbocycles. The SMILES string of the molecule is CCOC(=O)c1ccc(OCCCN2CCC(C(O)(c3ccc(F)cc3)c3ccc(F)cc3)CC2)cc1.Cl. The quantitative estimate of drug-likeness (QED) is 0.251. The minimum atomic E-state index is -1.33. The van der Waals surface area contributed by atoms with Gasteiger partial charge in [0.05, 0.1) is 18.8 Å². The monoisotopic (exact) mass is 545 g/mol. The van der Waals surface area contributed by atoms with Gasteiger partial charge in [-0.25, -0.2) is 13.6 Å². The zero-order valence-electron chi connectivity index (χ0n) is 21.4. The summed E-state index contributed by atoms with van der Waals surface area (Å²) in [6.45, 7) is 5.14. The maximum absolute atomic E-state index is 13.6. The van der Waals surface area contributed by atoms with Crippen molar-refractivity contribution < 1.29 is 28.2 Å². The number of likely N-dealkylation sites (tertiary alicyclic amines) is 1. The molecule has 0 bridgehead atoms. The summed E-state index contributed by atoms with van der Waals surface area (Å²) in [6.07, 6.45) is 2.34. The minimum Gasteiger partial charge on any atom is -0.494 e. The van der Waals surface area contributed by atoms with Crippen molar-refractivity contribution in [1.29, 1.82) is 0 Å². The largest absolute Gasteiger partial charge is 0.494 e. The number of hydrogen-bond donors (Lipinski definition) is 1. The number of piperidine rings is 1. The highest BCUT2D eigenvalue weighted by atomic mass is 35.5. The maximum atomic E-state index is 13.6. The van der Waals surface area contributed by atoms with Crippen molar-refractivity contribution in [3.05, 3.63) is 101 Å². The third kappa shape index (κ3) is 7.10. The molecule has 0 amide bonds. The Bertz CT molecular complexity index is 1100. The summed E-state index contributed by atoms with van der Waals surface area (Å²) in [6, 6.07) is 18.8. The van der Waals surface area contributed by atoms with Crippen molar-refractivity contribution >= 4 is 18.4 Å². The van der Waals surface area contributed by atoms with Gasteiger partial charge in [0, 0.05) is 6.54 Å². The molecule has 1 aliphatic heterocycles. The van der Waals surface area contributed by atoms with Crippen molar-refractivity contribution in [3.8, 4) is 5.75 Å². The molecule has 0 radical (unpaired) electrons. The van der Waals surface area contributed by atoms with E-state index >= 15 is 0 Å². The molecule has 0 spiro atoms. The lowest BCUT2D eigenvalue weighted by atomic mass is 9.72. The van der Waals surface area contributed by atoms with Crippen LogP contribution in [0.5, 0.6) is 5.75 Å². The highest BCUT2D eigenvalue weighted by Crippen LogP contribution is 2.42. The number of aliphatic hydroxyl groups is 1. The first-order valence-electron chi connectivity index (χ1n) is 12.8. The van der Waals surface area contributed by atoms with Crippen LogP contribution in [0.1, 0.15) is 47.7 Å². The molecule has 4 rings (SSSR count). The van der Waals surface area contributed by atoms with Gasteiger partial charge in [-0.1, -0.05) is 24.3 Å². The van der Waals surface area contributed by atoms with Crippen LogP contribution in [0.2, 0.25) is 0 Å². The van der Waals surface area contributed by atoms with E-state index in [1.165, 1.54) is 24.3 Å². The summed E-state index contributed by atoms with van der Waals surface area (Å²) in [5.74, 6) is -0.457. The van der Waals surface area contributed by atoms with Crippen molar-refractivity contribution in [2.75, 3.05) is 32.8 Å². The molecule has 0 aliphatic carbocycles. The number of carbonyl (C=O) groups is 1. The fraction of sp³-hybridized carbons (Fsp3) is 0.367. The predicted molar refractivity (Wildman–Crippen MR) is 145 cm³/mol. The summed E-state index contributed by atoms with van der Waals surface area (Å²) in [5.41, 5.74) is 0.396. The fourth-order valence-electron chi connectivity index (χ4n) is 5.00. The number of rotatable bonds is 10. The second-order valence-electron chi connectivity index (χ2n) is 9.34. The number of halogens is 3. The van der Waals surface area contributed by atoms with Crippen LogP contribution in [0.3, 0.4) is 0 Å². The third-order valence-electron chi connectivity index (χ3n) is 7.00. The summed E-state index contributed by atoms with van der Waals surface area (Å²) >= 11 is 0. The van der Waals surface area contributed by atoms with Crippen LogP contribution in [0.15, 0.2) is 72.8 Å². The van der Waals surface area contributed by atoms with Crippen molar-refractivity contribution in [3.63, 3.8) is 0 Å². The van der Waals surface area contributed by atoms with Gasteiger partial charge >= 0.3 is 5.97 Å². The lowest BCUT2D eigenvalue weighted by Crippen LogP contribution is -2.44. The number of hydrogen-bond acceptors (Lipinski definition) is 5. The number of benzene rings is 3. The van der Waals surface area contributed by atoms with E-state index in [9.17, 15) is 18.7 Å². The number of esters is 1. The average Bonchev–Trinajstić information content (AvgIpc) is 2.92. The van der Waals surface area contributed by atoms with Gasteiger partial charge in [0.2, 0.25) is 0 Å². The first-order valence-corrected chi connectivity index (χ1v) is 12.8. The Kier molecular flexibility index (Phi) is 10.6. The molecule has 3 aromatic carbocycles. The van der Waals surface area contributed by atoms with Crippen LogP contribution in [0, 0.1) is 17.6 Å². The summed E-state index contributed by atoms with van der Waals surface area (Å²) in [4.78, 5) is 14.1. The van der Waals surface area contributed by atoms with Crippen LogP contribution >= 0.6 is 12.4 Å². The Balaban J connectivity index is 0.00000400. The summed E-state index contributed by atoms with van der Waals surface area (Å²) in [5, 5.41) is 12.0. The Hall–Kier alpha value is -3.00. The van der Waals surface area contributed by atoms with Gasteiger partial charge in [0.1, 0.15) is 23.0 Å². The number of carbonyl (C=O) groups excluding carboxylic acids is 1. The molecule has 1 N–H and O–H groups in total. The van der Waals surface area contributed by atoms with Gasteiger partial charge in [-0.15, -0.1) is 12.4 Å². The highest BCUT2D eigenvalue weighted by Gasteiger charge is 2.41. The van der Waals surface area contributed by atoms with Crippen LogP contribution < -0.4 is 4.74 Å². The highest BCUT2D eigenvalue weighted by molar-refractivity contribution is 5.89. The van der Waals surface area contributed by atoms with Crippen LogP contribution in [-0.4, -0.2) is 48.8 Å². The Labute approximate surface area is 228 Å². The van der Waals surface area contributed by atoms with Crippen molar-refractivity contribution in [1.82, 2.24) is 4.90 Å². The van der Waals surface area contributed by atoms with E-state index < -0.39 is 5.60 Å². The fourth-order valence-corrected chi connectivity index (χ4v) is 5.00. The Morgan fingerprint density at radius 1 is 0.921 bits per heavy atom. The van der Waals surface area contributed by atoms with Crippen LogP contribution in [0.25, 0.3) is 0 Å². The van der Waals surface area contributed by atoms with E-state index in [0.29, 0.717) is 35.7 Å². The third-order valence-corrected chi connectivity index (χ3v) is 7.00. The molecular weight excluding hydrogens is 512 g/mol. The average molecular weight is 546 g/mol. The second-order valence-corrected chi connectivity index (χ2v) is 9.34. The first kappa shape index (κ1) is 29.6. The topological polar surface area (TPSA) is 59.0 Å². The van der Waals surface area contributed by atoms with Gasteiger partial charge in [0.25, 0.3) is 0 Å². The molecule has 0 aromatic heterocycles. The molecule has 1 fully saturated rings. The van der Waals surface area contributed by atoms with E-state index in [0.717, 1.165) is 38.9 Å². The van der Waals surface area contributed by atoms with Crippen LogP contribution in [0.4, 0.5) is 8.78 Å². The first-order chi connectivity index (χ1) is 17.9. The van der Waals surface area contributed by atoms with E-state index in [1.807, 2.05) is 0 Å². The van der Waals surface area contributed by atoms with E-state index in [-0.39, 0.29) is 35.9 Å². The smallest absolute Gasteiger partial charge is 0.338 e. The molecule has 1 aliphatic rings. The zero-order chi connectivity index (χ0) is 26.3. The second kappa shape index (κ2) is 13.7. The lowest BCUT2D eigenvalue weighted by Gasteiger charge is -2.42. The molecule has 3 aromatic rings. The maximum Gasteiger partial charge on any atom is 0.338 e. The van der Waals surface area contributed by atoms with E-state index in [2.05, 4.69) is 4.90 Å². The number of ether oxygens (including phenoxy) is 2. The predicted octanol–water partition coefficient (Wildman–Crippen LogP) is 5.98. The normalized spacial score (nSPS) is 14.5. The van der Waals surface area contributed by atoms with E-state index in [4.69, 9.17) is 9.47 Å². The molecular formula is C30H34ClF2NO4. The molecule has 8 heteroatoms. The van der Waals surface area contributed by atoms with Crippen molar-refractivity contribution in [2.45, 2.75) is 31.8 Å².